The third kappa shape index (κ3) is 18.2. The Hall–Kier alpha value is -8.82. The van der Waals surface area contributed by atoms with Crippen molar-refractivity contribution >= 4 is 99.0 Å². The van der Waals surface area contributed by atoms with Gasteiger partial charge in [-0.15, -0.1) is 0 Å². The van der Waals surface area contributed by atoms with Gasteiger partial charge in [-0.1, -0.05) is 36.4 Å². The Morgan fingerprint density at radius 3 is 2.06 bits per heavy atom. The minimum Gasteiger partial charge on any atom is -0.497 e. The number of carboxylic acids is 1. The van der Waals surface area contributed by atoms with Crippen LogP contribution in [0.3, 0.4) is 0 Å². The Kier molecular flexibility index (Phi) is 23.8. The van der Waals surface area contributed by atoms with Gasteiger partial charge < -0.3 is 67.0 Å². The maximum Gasteiger partial charge on any atom is 0.303 e. The maximum absolute atomic E-state index is 15.5. The van der Waals surface area contributed by atoms with Gasteiger partial charge in [-0.05, 0) is 153 Å². The molecule has 5 heterocycles. The van der Waals surface area contributed by atoms with Crippen molar-refractivity contribution < 1.29 is 71.3 Å². The van der Waals surface area contributed by atoms with Crippen LogP contribution in [0.25, 0.3) is 16.5 Å². The lowest BCUT2D eigenvalue weighted by atomic mass is 9.90. The zero-order valence-corrected chi connectivity index (χ0v) is 54.9. The highest BCUT2D eigenvalue weighted by atomic mass is 32.2. The highest BCUT2D eigenvalue weighted by molar-refractivity contribution is 7.98. The maximum atomic E-state index is 15.5. The molecule has 506 valence electrons. The van der Waals surface area contributed by atoms with E-state index in [1.54, 1.807) is 43.0 Å². The molecule has 4 aliphatic heterocycles. The van der Waals surface area contributed by atoms with Crippen molar-refractivity contribution in [1.82, 2.24) is 46.7 Å². The van der Waals surface area contributed by atoms with E-state index >= 15 is 9.59 Å². The van der Waals surface area contributed by atoms with Gasteiger partial charge in [0.25, 0.3) is 12.1 Å². The van der Waals surface area contributed by atoms with Crippen LogP contribution in [0.2, 0.25) is 0 Å². The lowest BCUT2D eigenvalue weighted by molar-refractivity contribution is -0.152. The van der Waals surface area contributed by atoms with Crippen LogP contribution < -0.4 is 47.1 Å². The fraction of sp³-hybridized carbons (Fsp3) is 0.441. The third-order valence-electron chi connectivity index (χ3n) is 17.6. The van der Waals surface area contributed by atoms with E-state index in [9.17, 15) is 52.2 Å². The molecular formula is C68H80F2N10O13S2. The third-order valence-corrected chi connectivity index (χ3v) is 19.7. The van der Waals surface area contributed by atoms with Gasteiger partial charge in [0.15, 0.2) is 5.78 Å². The molecule has 2 saturated heterocycles. The van der Waals surface area contributed by atoms with Crippen LogP contribution in [0, 0.1) is 11.6 Å². The quantitative estimate of drug-likeness (QED) is 0.0821. The first-order chi connectivity index (χ1) is 45.5. The van der Waals surface area contributed by atoms with Crippen LogP contribution >= 0.6 is 23.5 Å². The highest BCUT2D eigenvalue weighted by Gasteiger charge is 2.48. The van der Waals surface area contributed by atoms with E-state index in [0.717, 1.165) is 16.0 Å². The number of carboxylic acid groups (broad SMARTS) is 1. The summed E-state index contributed by atoms with van der Waals surface area (Å²) in [6.45, 7) is 4.35. The molecule has 9 atom stereocenters. The average Bonchev–Trinajstić information content (AvgIpc) is 1.71. The van der Waals surface area contributed by atoms with Crippen molar-refractivity contribution in [2.75, 3.05) is 31.7 Å². The minimum absolute atomic E-state index is 0.0902. The zero-order chi connectivity index (χ0) is 68.1. The smallest absolute Gasteiger partial charge is 0.303 e. The predicted molar refractivity (Wildman–Crippen MR) is 353 cm³/mol. The van der Waals surface area contributed by atoms with Crippen LogP contribution in [-0.4, -0.2) is 165 Å². The van der Waals surface area contributed by atoms with Crippen molar-refractivity contribution in [3.05, 3.63) is 137 Å². The van der Waals surface area contributed by atoms with Gasteiger partial charge >= 0.3 is 5.97 Å². The van der Waals surface area contributed by atoms with E-state index in [1.165, 1.54) is 86.3 Å². The number of halogens is 2. The summed E-state index contributed by atoms with van der Waals surface area (Å²) in [6.07, 6.45) is 1.30. The summed E-state index contributed by atoms with van der Waals surface area (Å²) in [5.41, 5.74) is 9.82. The molecule has 1 aliphatic carbocycles. The summed E-state index contributed by atoms with van der Waals surface area (Å²) in [4.78, 5) is 148. The number of rotatable bonds is 10. The van der Waals surface area contributed by atoms with Crippen LogP contribution in [0.15, 0.2) is 97.2 Å². The van der Waals surface area contributed by atoms with E-state index < -0.39 is 132 Å². The number of hydrogen-bond donors (Lipinski definition) is 9. The lowest BCUT2D eigenvalue weighted by Gasteiger charge is -2.36. The first-order valence-corrected chi connectivity index (χ1v) is 34.0. The number of hydrogen-bond acceptors (Lipinski definition) is 15. The molecule has 2 bridgehead atoms. The Bertz CT molecular complexity index is 3720. The van der Waals surface area contributed by atoms with E-state index in [-0.39, 0.29) is 56.7 Å². The summed E-state index contributed by atoms with van der Waals surface area (Å²) in [5, 5.41) is 26.3. The van der Waals surface area contributed by atoms with Crippen LogP contribution in [0.5, 0.6) is 11.5 Å². The topological polar surface area (TPSA) is 330 Å². The molecule has 2 fully saturated rings. The number of methoxy groups -OCH3 is 1. The molecule has 8 amide bonds. The molecule has 5 aromatic rings. The number of thioether (sulfide) groups is 2. The Morgan fingerprint density at radius 1 is 0.705 bits per heavy atom. The summed E-state index contributed by atoms with van der Waals surface area (Å²) in [7, 11) is 1.46. The van der Waals surface area contributed by atoms with E-state index in [2.05, 4.69) is 36.9 Å². The van der Waals surface area contributed by atoms with Crippen molar-refractivity contribution in [3.8, 4) is 11.5 Å². The van der Waals surface area contributed by atoms with Gasteiger partial charge in [-0.3, -0.25) is 47.9 Å². The summed E-state index contributed by atoms with van der Waals surface area (Å²) in [6, 6.07) is 12.7. The van der Waals surface area contributed by atoms with Gasteiger partial charge in [0.1, 0.15) is 59.4 Å². The second-order valence-corrected chi connectivity index (χ2v) is 26.7. The fourth-order valence-corrected chi connectivity index (χ4v) is 14.1. The zero-order valence-electron chi connectivity index (χ0n) is 53.3. The standard InChI is InChI=1S/C68H80F2N10O13S2/c1-38-60(85)74-39(2)61(86)76-54(30-44-34-72-52-21-16-46(70)32-51(44)52)63(88)77-55(29-43-13-12-42-14-15-45(69)31-50(42)43)66(90)79-35-47(71)33-56(79)64(89)75-53(22-23-59(83)84)62(87)78-65(93-49-19-17-48(92-4)18-20-49)67(91)80-26-6-25-68(80,3)57(81)7-5-27-94-36-40-8-10-41(11-9-40)37-95-28-24-58(82)73-38/h8-11,13-21,31-32,34,38-39,47,53-56,65,72H,5-7,12,22-30,33,35-37,71H2,1-4H3,(H,73,82)(H,74,85)(H,75,89)(H,76,86)(H,77,88)(H,78,87)(H,83,84)/t38-,39+,47-,53-,54-,55-,56-,65-,68-/m0/s1. The number of nitrogens with zero attached hydrogens (tertiary/aromatic N) is 2. The van der Waals surface area contributed by atoms with Crippen LogP contribution in [-0.2, 0) is 72.3 Å². The summed E-state index contributed by atoms with van der Waals surface area (Å²) < 4.78 is 41.4. The van der Waals surface area contributed by atoms with Gasteiger partial charge in [0, 0.05) is 85.6 Å². The molecule has 0 spiro atoms. The number of H-pyrrole nitrogens is 1. The number of aliphatic carboxylic acids is 1. The number of carbonyl (C=O) groups excluding carboxylic acids is 9. The van der Waals surface area contributed by atoms with Gasteiger partial charge in [-0.25, -0.2) is 8.78 Å². The fourth-order valence-electron chi connectivity index (χ4n) is 12.2. The number of fused-ring (bicyclic) bond motifs is 31. The second kappa shape index (κ2) is 32.1. The van der Waals surface area contributed by atoms with Crippen molar-refractivity contribution in [3.63, 3.8) is 0 Å². The molecule has 10 N–H and O–H groups in total. The van der Waals surface area contributed by atoms with Crippen molar-refractivity contribution in [2.45, 2.75) is 157 Å². The Morgan fingerprint density at radius 2 is 1.35 bits per heavy atom. The number of nitrogens with one attached hydrogen (secondary N) is 7. The average molecular weight is 1350 g/mol. The molecule has 1 aromatic heterocycles. The number of allylic oxidation sites excluding steroid dienone is 1. The molecule has 27 heteroatoms. The Balaban J connectivity index is 1.03. The van der Waals surface area contributed by atoms with Crippen LogP contribution in [0.1, 0.15) is 106 Å². The summed E-state index contributed by atoms with van der Waals surface area (Å²) >= 11 is 3.18. The van der Waals surface area contributed by atoms with E-state index in [4.69, 9.17) is 15.2 Å². The van der Waals surface area contributed by atoms with Gasteiger partial charge in [0.05, 0.1) is 12.6 Å². The normalized spacial score (nSPS) is 25.4. The predicted octanol–water partition coefficient (Wildman–Crippen LogP) is 5.11. The van der Waals surface area contributed by atoms with E-state index in [0.29, 0.717) is 87.6 Å². The molecule has 95 heavy (non-hydrogen) atoms. The number of amides is 8. The number of ether oxygens (including phenoxy) is 2. The molecule has 0 unspecified atom stereocenters. The minimum atomic E-state index is -1.83. The number of aromatic amines is 1. The monoisotopic (exact) mass is 1350 g/mol. The van der Waals surface area contributed by atoms with Crippen LogP contribution in [0.4, 0.5) is 8.78 Å². The van der Waals surface area contributed by atoms with Gasteiger partial charge in [0.2, 0.25) is 41.4 Å². The largest absolute Gasteiger partial charge is 0.497 e. The Labute approximate surface area is 556 Å². The molecule has 10 rings (SSSR count). The lowest BCUT2D eigenvalue weighted by Crippen LogP contribution is -2.61. The first-order valence-electron chi connectivity index (χ1n) is 31.7. The van der Waals surface area contributed by atoms with Gasteiger partial charge in [-0.2, -0.15) is 23.5 Å². The second-order valence-electron chi connectivity index (χ2n) is 24.5. The van der Waals surface area contributed by atoms with E-state index in [1.807, 2.05) is 24.3 Å². The molecule has 0 saturated carbocycles. The number of Topliss-reactive ketones (excluding diaryl/α,β-unsaturated/α-hetero) is 1. The SMILES string of the molecule is COc1ccc(O[C@@H]2NC(=O)[C@H](CCC(=O)O)NC(=O)[C@@H]3C[C@H](N)CN3C(=O)[C@H](CC3=CCc4ccc(F)cc43)NC(=O)[C@H](Cc3c[nH]c4ccc(F)cc34)NC(=O)[C@@H](C)NC(=O)[C@H](C)NC(=O)CCSCc3ccc(cc3)CSCCCC(=O)[C@]3(C)CCCN3C2=O)cc1. The number of ketones is 1. The molecule has 5 aliphatic rings. The van der Waals surface area contributed by atoms with Crippen molar-refractivity contribution in [2.24, 2.45) is 5.73 Å². The number of carbonyl (C=O) groups is 10. The number of benzene rings is 4. The molecule has 4 aromatic carbocycles. The highest BCUT2D eigenvalue weighted by Crippen LogP contribution is 2.35. The van der Waals surface area contributed by atoms with Crippen molar-refractivity contribution in [1.29, 1.82) is 0 Å². The first kappa shape index (κ1) is 70.5. The number of nitrogens with two attached hydrogens (primary N) is 1. The molecular weight excluding hydrogens is 1270 g/mol. The molecule has 0 radical (unpaired) electrons. The summed E-state index contributed by atoms with van der Waals surface area (Å²) in [5.74, 6) is -6.38. The molecule has 23 nitrogen and oxygen atoms in total. The number of aromatic nitrogens is 1.